The summed E-state index contributed by atoms with van der Waals surface area (Å²) >= 11 is 3.58. The predicted molar refractivity (Wildman–Crippen MR) is 86.8 cm³/mol. The summed E-state index contributed by atoms with van der Waals surface area (Å²) < 4.78 is 12.5. The number of benzene rings is 2. The lowest BCUT2D eigenvalue weighted by Crippen LogP contribution is -2.24. The average molecular weight is 348 g/mol. The number of rotatable bonds is 2. The van der Waals surface area contributed by atoms with Gasteiger partial charge in [-0.2, -0.15) is 0 Å². The van der Waals surface area contributed by atoms with E-state index < -0.39 is 0 Å². The maximum absolute atomic E-state index is 6.30. The van der Waals surface area contributed by atoms with Crippen molar-refractivity contribution >= 4 is 15.9 Å². The second-order valence-electron chi connectivity index (χ2n) is 5.36. The molecule has 21 heavy (non-hydrogen) atoms. The molecule has 1 aliphatic rings. The van der Waals surface area contributed by atoms with Crippen LogP contribution in [0.15, 0.2) is 40.9 Å². The summed E-state index contributed by atoms with van der Waals surface area (Å²) in [4.78, 5) is 0. The summed E-state index contributed by atoms with van der Waals surface area (Å²) in [6.07, 6.45) is 0.742. The van der Waals surface area contributed by atoms with Gasteiger partial charge in [0.15, 0.2) is 0 Å². The van der Waals surface area contributed by atoms with E-state index in [4.69, 9.17) is 15.2 Å². The van der Waals surface area contributed by atoms with Crippen LogP contribution in [0.5, 0.6) is 11.5 Å². The molecule has 2 unspecified atom stereocenters. The predicted octanol–water partition coefficient (Wildman–Crippen LogP) is 4.29. The molecule has 2 atom stereocenters. The van der Waals surface area contributed by atoms with Gasteiger partial charge in [0.25, 0.3) is 0 Å². The zero-order valence-electron chi connectivity index (χ0n) is 12.1. The van der Waals surface area contributed by atoms with E-state index in [9.17, 15) is 0 Å². The van der Waals surface area contributed by atoms with E-state index in [2.05, 4.69) is 41.1 Å². The third kappa shape index (κ3) is 2.78. The highest BCUT2D eigenvalue weighted by Crippen LogP contribution is 2.41. The summed E-state index contributed by atoms with van der Waals surface area (Å²) in [5.74, 6) is 1.60. The van der Waals surface area contributed by atoms with Crippen molar-refractivity contribution in [2.24, 2.45) is 5.73 Å². The Balaban J connectivity index is 1.94. The first-order chi connectivity index (χ1) is 10.1. The van der Waals surface area contributed by atoms with E-state index in [0.29, 0.717) is 0 Å². The van der Waals surface area contributed by atoms with Gasteiger partial charge in [-0.15, -0.1) is 0 Å². The molecular formula is C17H18BrNO2. The number of methoxy groups -OCH3 is 1. The molecule has 1 aliphatic heterocycles. The van der Waals surface area contributed by atoms with E-state index in [1.54, 1.807) is 7.11 Å². The van der Waals surface area contributed by atoms with Gasteiger partial charge < -0.3 is 15.2 Å². The summed E-state index contributed by atoms with van der Waals surface area (Å²) in [6.45, 7) is 2.07. The summed E-state index contributed by atoms with van der Waals surface area (Å²) in [5, 5.41) is 0. The molecule has 110 valence electrons. The highest BCUT2D eigenvalue weighted by molar-refractivity contribution is 9.10. The van der Waals surface area contributed by atoms with Crippen LogP contribution < -0.4 is 15.2 Å². The SMILES string of the molecule is COc1ccc2c(c1)OC(c1ccc(C)c(Br)c1)CC2N. The molecule has 2 aromatic rings. The summed E-state index contributed by atoms with van der Waals surface area (Å²) in [6, 6.07) is 12.1. The maximum atomic E-state index is 6.30. The van der Waals surface area contributed by atoms with Crippen LogP contribution in [0.25, 0.3) is 0 Å². The van der Waals surface area contributed by atoms with Crippen LogP contribution in [0, 0.1) is 6.92 Å². The fourth-order valence-electron chi connectivity index (χ4n) is 2.62. The van der Waals surface area contributed by atoms with Gasteiger partial charge in [-0.3, -0.25) is 0 Å². The van der Waals surface area contributed by atoms with Gasteiger partial charge in [0.05, 0.1) is 7.11 Å². The molecule has 3 nitrogen and oxygen atoms in total. The van der Waals surface area contributed by atoms with E-state index >= 15 is 0 Å². The number of hydrogen-bond acceptors (Lipinski definition) is 3. The Morgan fingerprint density at radius 3 is 2.76 bits per heavy atom. The fourth-order valence-corrected chi connectivity index (χ4v) is 3.02. The Hall–Kier alpha value is -1.52. The average Bonchev–Trinajstić information content (AvgIpc) is 2.49. The summed E-state index contributed by atoms with van der Waals surface area (Å²) in [5.41, 5.74) is 9.69. The fraction of sp³-hybridized carbons (Fsp3) is 0.294. The zero-order valence-corrected chi connectivity index (χ0v) is 13.7. The van der Waals surface area contributed by atoms with Crippen LogP contribution in [-0.4, -0.2) is 7.11 Å². The molecule has 2 aromatic carbocycles. The zero-order chi connectivity index (χ0) is 15.0. The lowest BCUT2D eigenvalue weighted by atomic mass is 9.93. The molecule has 0 saturated heterocycles. The molecule has 2 N–H and O–H groups in total. The van der Waals surface area contributed by atoms with Crippen molar-refractivity contribution in [3.05, 3.63) is 57.6 Å². The number of halogens is 1. The van der Waals surface area contributed by atoms with Crippen LogP contribution in [0.3, 0.4) is 0 Å². The molecule has 3 rings (SSSR count). The van der Waals surface area contributed by atoms with Gasteiger partial charge in [-0.05, 0) is 30.2 Å². The minimum absolute atomic E-state index is 0.0234. The monoisotopic (exact) mass is 347 g/mol. The van der Waals surface area contributed by atoms with Crippen LogP contribution in [0.4, 0.5) is 0 Å². The van der Waals surface area contributed by atoms with Crippen LogP contribution in [0.1, 0.15) is 35.3 Å². The van der Waals surface area contributed by atoms with Crippen molar-refractivity contribution in [1.82, 2.24) is 0 Å². The molecule has 0 saturated carbocycles. The minimum atomic E-state index is -0.0310. The second-order valence-corrected chi connectivity index (χ2v) is 6.22. The standard InChI is InChI=1S/C17H18BrNO2/c1-10-3-4-11(7-14(10)18)16-9-15(19)13-6-5-12(20-2)8-17(13)21-16/h3-8,15-16H,9,19H2,1-2H3. The Bertz CT molecular complexity index is 672. The molecule has 0 aromatic heterocycles. The first-order valence-corrected chi connectivity index (χ1v) is 7.74. The van der Waals surface area contributed by atoms with Crippen molar-refractivity contribution in [2.45, 2.75) is 25.5 Å². The molecule has 0 radical (unpaired) electrons. The molecule has 1 heterocycles. The number of ether oxygens (including phenoxy) is 2. The number of aryl methyl sites for hydroxylation is 1. The lowest BCUT2D eigenvalue weighted by molar-refractivity contribution is 0.161. The van der Waals surface area contributed by atoms with Crippen LogP contribution in [-0.2, 0) is 0 Å². The molecule has 0 fully saturated rings. The number of nitrogens with two attached hydrogens (primary N) is 1. The smallest absolute Gasteiger partial charge is 0.128 e. The van der Waals surface area contributed by atoms with E-state index in [1.165, 1.54) is 5.56 Å². The van der Waals surface area contributed by atoms with Crippen LogP contribution >= 0.6 is 15.9 Å². The number of fused-ring (bicyclic) bond motifs is 1. The maximum Gasteiger partial charge on any atom is 0.128 e. The number of hydrogen-bond donors (Lipinski definition) is 1. The van der Waals surface area contributed by atoms with Gasteiger partial charge in [-0.25, -0.2) is 0 Å². The van der Waals surface area contributed by atoms with Crippen molar-refractivity contribution in [3.63, 3.8) is 0 Å². The second kappa shape index (κ2) is 5.70. The molecule has 0 spiro atoms. The first kappa shape index (κ1) is 14.4. The van der Waals surface area contributed by atoms with E-state index in [1.807, 2.05) is 18.2 Å². The van der Waals surface area contributed by atoms with Gasteiger partial charge in [0.1, 0.15) is 17.6 Å². The van der Waals surface area contributed by atoms with E-state index in [0.717, 1.165) is 33.5 Å². The highest BCUT2D eigenvalue weighted by atomic mass is 79.9. The normalized spacial score (nSPS) is 20.6. The van der Waals surface area contributed by atoms with Gasteiger partial charge in [0.2, 0.25) is 0 Å². The lowest BCUT2D eigenvalue weighted by Gasteiger charge is -2.31. The molecule has 4 heteroatoms. The minimum Gasteiger partial charge on any atom is -0.497 e. The van der Waals surface area contributed by atoms with Crippen molar-refractivity contribution in [3.8, 4) is 11.5 Å². The van der Waals surface area contributed by atoms with Gasteiger partial charge in [-0.1, -0.05) is 34.1 Å². The van der Waals surface area contributed by atoms with Crippen molar-refractivity contribution in [2.75, 3.05) is 7.11 Å². The van der Waals surface area contributed by atoms with Crippen LogP contribution in [0.2, 0.25) is 0 Å². The molecular weight excluding hydrogens is 330 g/mol. The molecule has 0 amide bonds. The third-order valence-electron chi connectivity index (χ3n) is 3.93. The van der Waals surface area contributed by atoms with Crippen molar-refractivity contribution in [1.29, 1.82) is 0 Å². The largest absolute Gasteiger partial charge is 0.497 e. The molecule has 0 bridgehead atoms. The Labute approximate surface area is 133 Å². The van der Waals surface area contributed by atoms with E-state index in [-0.39, 0.29) is 12.1 Å². The third-order valence-corrected chi connectivity index (χ3v) is 4.78. The van der Waals surface area contributed by atoms with Gasteiger partial charge >= 0.3 is 0 Å². The Kier molecular flexibility index (Phi) is 3.91. The Morgan fingerprint density at radius 2 is 2.05 bits per heavy atom. The molecule has 0 aliphatic carbocycles. The highest BCUT2D eigenvalue weighted by Gasteiger charge is 2.27. The van der Waals surface area contributed by atoms with Crippen molar-refractivity contribution < 1.29 is 9.47 Å². The quantitative estimate of drug-likeness (QED) is 0.881. The van der Waals surface area contributed by atoms with Gasteiger partial charge in [0, 0.05) is 28.6 Å². The summed E-state index contributed by atoms with van der Waals surface area (Å²) in [7, 11) is 1.65. The Morgan fingerprint density at radius 1 is 1.24 bits per heavy atom. The first-order valence-electron chi connectivity index (χ1n) is 6.94. The topological polar surface area (TPSA) is 44.5 Å².